The van der Waals surface area contributed by atoms with Crippen molar-refractivity contribution in [1.82, 2.24) is 4.90 Å². The molecule has 0 bridgehead atoms. The Kier molecular flexibility index (Phi) is 2.25. The minimum Gasteiger partial charge on any atom is -0.292 e. The summed E-state index contributed by atoms with van der Waals surface area (Å²) in [4.78, 5) is 2.63. The summed E-state index contributed by atoms with van der Waals surface area (Å²) in [5, 5.41) is 9.35. The van der Waals surface area contributed by atoms with Crippen LogP contribution in [0.15, 0.2) is 0 Å². The Morgan fingerprint density at radius 3 is 2.12 bits per heavy atom. The Bertz CT molecular complexity index is 345. The summed E-state index contributed by atoms with van der Waals surface area (Å²) in [5.41, 5.74) is 0.328. The molecule has 0 aromatic carbocycles. The lowest BCUT2D eigenvalue weighted by Crippen LogP contribution is -2.45. The van der Waals surface area contributed by atoms with E-state index in [0.717, 1.165) is 0 Å². The number of fused-ring (bicyclic) bond motifs is 1. The summed E-state index contributed by atoms with van der Waals surface area (Å²) in [6.07, 6.45) is 2.41. The molecule has 1 heterocycles. The smallest absolute Gasteiger partial charge is 0.0690 e. The lowest BCUT2D eigenvalue weighted by Gasteiger charge is -2.37. The lowest BCUT2D eigenvalue weighted by atomic mass is 9.74. The third-order valence-corrected chi connectivity index (χ3v) is 4.80. The van der Waals surface area contributed by atoms with E-state index in [-0.39, 0.29) is 16.4 Å². The van der Waals surface area contributed by atoms with Gasteiger partial charge < -0.3 is 0 Å². The van der Waals surface area contributed by atoms with Crippen LogP contribution < -0.4 is 0 Å². The maximum absolute atomic E-state index is 9.35. The Hall–Kier alpha value is -0.550. The highest BCUT2D eigenvalue weighted by molar-refractivity contribution is 5.27. The van der Waals surface area contributed by atoms with Gasteiger partial charge in [0.25, 0.3) is 0 Å². The van der Waals surface area contributed by atoms with Crippen LogP contribution in [0.3, 0.4) is 0 Å². The van der Waals surface area contributed by atoms with Gasteiger partial charge in [-0.2, -0.15) is 5.26 Å². The van der Waals surface area contributed by atoms with Gasteiger partial charge in [0.05, 0.1) is 11.5 Å². The molecule has 0 N–H and O–H groups in total. The zero-order chi connectivity index (χ0) is 12.4. The summed E-state index contributed by atoms with van der Waals surface area (Å²) >= 11 is 0. The lowest BCUT2D eigenvalue weighted by molar-refractivity contribution is 0.104. The van der Waals surface area contributed by atoms with Gasteiger partial charge in [0.1, 0.15) is 0 Å². The van der Waals surface area contributed by atoms with Gasteiger partial charge in [0, 0.05) is 23.0 Å². The van der Waals surface area contributed by atoms with Crippen LogP contribution in [0.1, 0.15) is 54.4 Å². The second-order valence-corrected chi connectivity index (χ2v) is 7.24. The molecule has 0 spiro atoms. The summed E-state index contributed by atoms with van der Waals surface area (Å²) in [6.45, 7) is 13.4. The summed E-state index contributed by atoms with van der Waals surface area (Å²) in [6, 6.07) is 3.78. The number of nitrogens with zero attached hydrogens (tertiary/aromatic N) is 2. The van der Waals surface area contributed by atoms with Crippen molar-refractivity contribution in [3.8, 4) is 6.07 Å². The van der Waals surface area contributed by atoms with E-state index in [2.05, 4.69) is 52.5 Å². The van der Waals surface area contributed by atoms with E-state index in [9.17, 15) is 5.26 Å². The van der Waals surface area contributed by atoms with Crippen molar-refractivity contribution in [2.24, 2.45) is 10.8 Å². The molecular formula is C14H24N2. The number of piperidine rings is 1. The van der Waals surface area contributed by atoms with Gasteiger partial charge in [-0.25, -0.2) is 0 Å². The van der Waals surface area contributed by atoms with Crippen molar-refractivity contribution >= 4 is 0 Å². The molecule has 2 nitrogen and oxygen atoms in total. The van der Waals surface area contributed by atoms with Gasteiger partial charge >= 0.3 is 0 Å². The van der Waals surface area contributed by atoms with Crippen molar-refractivity contribution in [2.75, 3.05) is 0 Å². The molecule has 2 rings (SSSR count). The van der Waals surface area contributed by atoms with Gasteiger partial charge in [0.2, 0.25) is 0 Å². The van der Waals surface area contributed by atoms with Gasteiger partial charge in [-0.3, -0.25) is 4.90 Å². The number of hydrogen-bond acceptors (Lipinski definition) is 2. The highest BCUT2D eigenvalue weighted by Gasteiger charge is 2.71. The first kappa shape index (κ1) is 11.9. The highest BCUT2D eigenvalue weighted by atomic mass is 15.3. The number of likely N-dealkylation sites (tertiary alicyclic amines) is 1. The molecule has 3 atom stereocenters. The molecule has 0 radical (unpaired) electrons. The molecule has 1 aliphatic carbocycles. The largest absolute Gasteiger partial charge is 0.292 e. The summed E-state index contributed by atoms with van der Waals surface area (Å²) in [7, 11) is 0. The SMILES string of the molecule is C[C@@H]1C[C@@]2(C(C)(C)C#N)C[C@H]2N1C(C)(C)C. The molecular weight excluding hydrogens is 196 g/mol. The zero-order valence-corrected chi connectivity index (χ0v) is 11.5. The normalized spacial score (nSPS) is 39.3. The fourth-order valence-electron chi connectivity index (χ4n) is 3.97. The van der Waals surface area contributed by atoms with Crippen LogP contribution in [0.4, 0.5) is 0 Å². The molecule has 2 heteroatoms. The Morgan fingerprint density at radius 2 is 1.75 bits per heavy atom. The highest BCUT2D eigenvalue weighted by Crippen LogP contribution is 2.69. The quantitative estimate of drug-likeness (QED) is 0.678. The van der Waals surface area contributed by atoms with Crippen LogP contribution in [-0.2, 0) is 0 Å². The molecule has 1 saturated heterocycles. The Morgan fingerprint density at radius 1 is 1.19 bits per heavy atom. The average Bonchev–Trinajstić information content (AvgIpc) is 2.71. The van der Waals surface area contributed by atoms with E-state index in [0.29, 0.717) is 12.1 Å². The van der Waals surface area contributed by atoms with E-state index < -0.39 is 0 Å². The van der Waals surface area contributed by atoms with Crippen LogP contribution in [-0.4, -0.2) is 22.5 Å². The Labute approximate surface area is 99.6 Å². The van der Waals surface area contributed by atoms with E-state index in [1.54, 1.807) is 0 Å². The standard InChI is InChI=1S/C14H24N2/c1-10-7-14(13(5,6)9-15)8-11(14)16(10)12(2,3)4/h10-11H,7-8H2,1-6H3/t10-,11-,14-/m1/s1. The Balaban J connectivity index is 2.28. The fourth-order valence-corrected chi connectivity index (χ4v) is 3.97. The fraction of sp³-hybridized carbons (Fsp3) is 0.929. The van der Waals surface area contributed by atoms with E-state index in [4.69, 9.17) is 0 Å². The molecule has 90 valence electrons. The van der Waals surface area contributed by atoms with Gasteiger partial charge in [-0.05, 0) is 54.4 Å². The molecule has 16 heavy (non-hydrogen) atoms. The van der Waals surface area contributed by atoms with Crippen LogP contribution >= 0.6 is 0 Å². The van der Waals surface area contributed by atoms with Gasteiger partial charge in [-0.15, -0.1) is 0 Å². The van der Waals surface area contributed by atoms with Crippen LogP contribution in [0, 0.1) is 22.2 Å². The van der Waals surface area contributed by atoms with Crippen molar-refractivity contribution in [3.05, 3.63) is 0 Å². The minimum absolute atomic E-state index is 0.175. The number of hydrogen-bond donors (Lipinski definition) is 0. The van der Waals surface area contributed by atoms with Gasteiger partial charge in [-0.1, -0.05) is 0 Å². The third kappa shape index (κ3) is 1.34. The molecule has 2 fully saturated rings. The van der Waals surface area contributed by atoms with Crippen molar-refractivity contribution in [1.29, 1.82) is 5.26 Å². The topological polar surface area (TPSA) is 27.0 Å². The maximum Gasteiger partial charge on any atom is 0.0690 e. The average molecular weight is 220 g/mol. The predicted molar refractivity (Wildman–Crippen MR) is 65.9 cm³/mol. The van der Waals surface area contributed by atoms with Crippen molar-refractivity contribution in [3.63, 3.8) is 0 Å². The summed E-state index contributed by atoms with van der Waals surface area (Å²) in [5.74, 6) is 0. The monoisotopic (exact) mass is 220 g/mol. The second-order valence-electron chi connectivity index (χ2n) is 7.24. The van der Waals surface area contributed by atoms with Crippen molar-refractivity contribution in [2.45, 2.75) is 72.0 Å². The molecule has 0 aromatic heterocycles. The first-order valence-corrected chi connectivity index (χ1v) is 6.35. The predicted octanol–water partition coefficient (Wildman–Crippen LogP) is 3.19. The van der Waals surface area contributed by atoms with Crippen LogP contribution in [0.2, 0.25) is 0 Å². The van der Waals surface area contributed by atoms with Crippen LogP contribution in [0.5, 0.6) is 0 Å². The third-order valence-electron chi connectivity index (χ3n) is 4.80. The van der Waals surface area contributed by atoms with Crippen LogP contribution in [0.25, 0.3) is 0 Å². The number of rotatable bonds is 1. The minimum atomic E-state index is -0.175. The van der Waals surface area contributed by atoms with E-state index in [1.165, 1.54) is 12.8 Å². The zero-order valence-electron chi connectivity index (χ0n) is 11.5. The molecule has 0 unspecified atom stereocenters. The second kappa shape index (κ2) is 3.01. The number of nitriles is 1. The van der Waals surface area contributed by atoms with E-state index >= 15 is 0 Å². The molecule has 0 amide bonds. The molecule has 1 aliphatic heterocycles. The first-order chi connectivity index (χ1) is 7.16. The molecule has 1 saturated carbocycles. The van der Waals surface area contributed by atoms with E-state index in [1.807, 2.05) is 0 Å². The maximum atomic E-state index is 9.35. The van der Waals surface area contributed by atoms with Gasteiger partial charge in [0.15, 0.2) is 0 Å². The molecule has 0 aromatic rings. The summed E-state index contributed by atoms with van der Waals surface area (Å²) < 4.78 is 0. The molecule has 2 aliphatic rings. The van der Waals surface area contributed by atoms with Crippen molar-refractivity contribution < 1.29 is 0 Å². The first-order valence-electron chi connectivity index (χ1n) is 6.35.